The van der Waals surface area contributed by atoms with E-state index in [1.165, 1.54) is 6.07 Å². The number of nitrogens with zero attached hydrogens (tertiary/aromatic N) is 1. The van der Waals surface area contributed by atoms with Crippen molar-refractivity contribution in [3.8, 4) is 0 Å². The molecular weight excluding hydrogens is 265 g/mol. The highest BCUT2D eigenvalue weighted by Gasteiger charge is 2.26. The average Bonchev–Trinajstić information content (AvgIpc) is 2.15. The summed E-state index contributed by atoms with van der Waals surface area (Å²) in [5.74, 6) is 0. The molecule has 0 spiro atoms. The number of hydrogen-bond acceptors (Lipinski definition) is 3. The molecule has 0 aliphatic heterocycles. The molecule has 0 bridgehead atoms. The summed E-state index contributed by atoms with van der Waals surface area (Å²) < 4.78 is 24.6. The van der Waals surface area contributed by atoms with Gasteiger partial charge in [0.15, 0.2) is 0 Å². The molecule has 0 aliphatic carbocycles. The highest BCUT2D eigenvalue weighted by molar-refractivity contribution is 6.30. The van der Waals surface area contributed by atoms with Crippen molar-refractivity contribution in [2.24, 2.45) is 5.73 Å². The SMILES string of the molecule is Cl.N[C@@H](c1cc(Cl)ccc1[N+](=O)[O-])C(F)F. The van der Waals surface area contributed by atoms with E-state index in [0.29, 0.717) is 0 Å². The van der Waals surface area contributed by atoms with Crippen molar-refractivity contribution in [2.75, 3.05) is 0 Å². The third-order valence-electron chi connectivity index (χ3n) is 1.82. The minimum absolute atomic E-state index is 0. The smallest absolute Gasteiger partial charge is 0.274 e. The summed E-state index contributed by atoms with van der Waals surface area (Å²) in [4.78, 5) is 9.75. The van der Waals surface area contributed by atoms with E-state index in [4.69, 9.17) is 17.3 Å². The van der Waals surface area contributed by atoms with Crippen LogP contribution in [0.3, 0.4) is 0 Å². The fourth-order valence-electron chi connectivity index (χ4n) is 1.09. The number of halogens is 4. The number of hydrogen-bond donors (Lipinski definition) is 1. The van der Waals surface area contributed by atoms with Crippen LogP contribution in [0.1, 0.15) is 11.6 Å². The van der Waals surface area contributed by atoms with Crippen molar-refractivity contribution in [3.05, 3.63) is 38.9 Å². The summed E-state index contributed by atoms with van der Waals surface area (Å²) in [5.41, 5.74) is 4.42. The van der Waals surface area contributed by atoms with Gasteiger partial charge in [-0.15, -0.1) is 12.4 Å². The van der Waals surface area contributed by atoms with E-state index in [-0.39, 0.29) is 23.0 Å². The van der Waals surface area contributed by atoms with Gasteiger partial charge in [0.2, 0.25) is 0 Å². The first-order chi connectivity index (χ1) is 6.93. The number of nitro benzene ring substituents is 1. The third kappa shape index (κ3) is 3.26. The maximum absolute atomic E-state index is 12.3. The Labute approximate surface area is 101 Å². The molecule has 1 rings (SSSR count). The molecule has 16 heavy (non-hydrogen) atoms. The lowest BCUT2D eigenvalue weighted by Gasteiger charge is -2.11. The zero-order chi connectivity index (χ0) is 11.6. The van der Waals surface area contributed by atoms with Crippen molar-refractivity contribution in [3.63, 3.8) is 0 Å². The van der Waals surface area contributed by atoms with E-state index in [0.717, 1.165) is 12.1 Å². The molecule has 0 saturated carbocycles. The van der Waals surface area contributed by atoms with Crippen LogP contribution in [0.4, 0.5) is 14.5 Å². The van der Waals surface area contributed by atoms with Crippen molar-refractivity contribution in [1.82, 2.24) is 0 Å². The molecule has 0 unspecified atom stereocenters. The van der Waals surface area contributed by atoms with Gasteiger partial charge in [0.25, 0.3) is 12.1 Å². The summed E-state index contributed by atoms with van der Waals surface area (Å²) in [6.45, 7) is 0. The van der Waals surface area contributed by atoms with Gasteiger partial charge in [-0.1, -0.05) is 11.6 Å². The van der Waals surface area contributed by atoms with Crippen LogP contribution in [-0.2, 0) is 0 Å². The fraction of sp³-hybridized carbons (Fsp3) is 0.250. The summed E-state index contributed by atoms with van der Waals surface area (Å²) >= 11 is 5.55. The van der Waals surface area contributed by atoms with Gasteiger partial charge in [-0.05, 0) is 12.1 Å². The van der Waals surface area contributed by atoms with Gasteiger partial charge >= 0.3 is 0 Å². The van der Waals surface area contributed by atoms with Crippen LogP contribution in [0.15, 0.2) is 18.2 Å². The van der Waals surface area contributed by atoms with E-state index < -0.39 is 23.1 Å². The molecule has 0 amide bonds. The summed E-state index contributed by atoms with van der Waals surface area (Å²) in [5, 5.41) is 10.7. The first-order valence-electron chi connectivity index (χ1n) is 3.91. The Bertz CT molecular complexity index is 390. The molecule has 0 radical (unpaired) electrons. The van der Waals surface area contributed by atoms with Crippen LogP contribution in [0.2, 0.25) is 5.02 Å². The van der Waals surface area contributed by atoms with Crippen LogP contribution in [0.25, 0.3) is 0 Å². The molecule has 0 aliphatic rings. The minimum Gasteiger partial charge on any atom is -0.319 e. The predicted octanol–water partition coefficient (Wildman–Crippen LogP) is 2.93. The van der Waals surface area contributed by atoms with Gasteiger partial charge in [0, 0.05) is 11.1 Å². The largest absolute Gasteiger partial charge is 0.319 e. The van der Waals surface area contributed by atoms with Crippen LogP contribution in [0.5, 0.6) is 0 Å². The second kappa shape index (κ2) is 5.93. The maximum atomic E-state index is 12.3. The van der Waals surface area contributed by atoms with E-state index in [1.54, 1.807) is 0 Å². The van der Waals surface area contributed by atoms with Gasteiger partial charge < -0.3 is 5.73 Å². The molecule has 1 atom stereocenters. The molecule has 0 fully saturated rings. The van der Waals surface area contributed by atoms with Crippen molar-refractivity contribution < 1.29 is 13.7 Å². The van der Waals surface area contributed by atoms with Crippen LogP contribution >= 0.6 is 24.0 Å². The second-order valence-electron chi connectivity index (χ2n) is 2.82. The Morgan fingerprint density at radius 3 is 2.44 bits per heavy atom. The lowest BCUT2D eigenvalue weighted by atomic mass is 10.1. The standard InChI is InChI=1S/C8H7ClF2N2O2.ClH/c9-4-1-2-6(13(14)15)5(3-4)7(12)8(10)11;/h1-3,7-8H,12H2;1H/t7-;/m0./s1. The average molecular weight is 273 g/mol. The first kappa shape index (κ1) is 15.0. The minimum atomic E-state index is -2.87. The molecule has 0 aromatic heterocycles. The van der Waals surface area contributed by atoms with Gasteiger partial charge in [-0.2, -0.15) is 0 Å². The molecule has 90 valence electrons. The fourth-order valence-corrected chi connectivity index (χ4v) is 1.27. The summed E-state index contributed by atoms with van der Waals surface area (Å²) in [7, 11) is 0. The maximum Gasteiger partial charge on any atom is 0.274 e. The topological polar surface area (TPSA) is 69.2 Å². The Morgan fingerprint density at radius 1 is 1.44 bits per heavy atom. The highest BCUT2D eigenvalue weighted by atomic mass is 35.5. The van der Waals surface area contributed by atoms with E-state index in [2.05, 4.69) is 0 Å². The zero-order valence-corrected chi connectivity index (χ0v) is 9.34. The molecule has 2 N–H and O–H groups in total. The lowest BCUT2D eigenvalue weighted by molar-refractivity contribution is -0.385. The van der Waals surface area contributed by atoms with Gasteiger partial charge in [-0.25, -0.2) is 8.78 Å². The van der Waals surface area contributed by atoms with E-state index in [9.17, 15) is 18.9 Å². The Kier molecular flexibility index (Phi) is 5.57. The monoisotopic (exact) mass is 272 g/mol. The number of nitrogens with two attached hydrogens (primary N) is 1. The second-order valence-corrected chi connectivity index (χ2v) is 3.26. The van der Waals surface area contributed by atoms with Gasteiger partial charge in [0.1, 0.15) is 0 Å². The lowest BCUT2D eigenvalue weighted by Crippen LogP contribution is -2.20. The number of alkyl halides is 2. The normalized spacial score (nSPS) is 12.1. The third-order valence-corrected chi connectivity index (χ3v) is 2.05. The van der Waals surface area contributed by atoms with Crippen LogP contribution in [0, 0.1) is 10.1 Å². The first-order valence-corrected chi connectivity index (χ1v) is 4.29. The molecule has 0 heterocycles. The van der Waals surface area contributed by atoms with Gasteiger partial charge in [-0.3, -0.25) is 10.1 Å². The van der Waals surface area contributed by atoms with E-state index in [1.807, 2.05) is 0 Å². The van der Waals surface area contributed by atoms with Crippen molar-refractivity contribution in [1.29, 1.82) is 0 Å². The van der Waals surface area contributed by atoms with Crippen molar-refractivity contribution in [2.45, 2.75) is 12.5 Å². The molecular formula is C8H8Cl2F2N2O2. The number of rotatable bonds is 3. The Hall–Kier alpha value is -0.980. The molecule has 8 heteroatoms. The quantitative estimate of drug-likeness (QED) is 0.680. The summed E-state index contributed by atoms with van der Waals surface area (Å²) in [6.07, 6.45) is -2.87. The number of nitro groups is 1. The molecule has 1 aromatic carbocycles. The number of benzene rings is 1. The molecule has 1 aromatic rings. The van der Waals surface area contributed by atoms with Gasteiger partial charge in [0.05, 0.1) is 16.5 Å². The zero-order valence-electron chi connectivity index (χ0n) is 7.77. The van der Waals surface area contributed by atoms with E-state index >= 15 is 0 Å². The predicted molar refractivity (Wildman–Crippen MR) is 58.3 cm³/mol. The summed E-state index contributed by atoms with van der Waals surface area (Å²) in [6, 6.07) is 1.68. The van der Waals surface area contributed by atoms with Crippen LogP contribution < -0.4 is 5.73 Å². The van der Waals surface area contributed by atoms with Crippen molar-refractivity contribution >= 4 is 29.7 Å². The Balaban J connectivity index is 0.00000225. The highest BCUT2D eigenvalue weighted by Crippen LogP contribution is 2.29. The molecule has 0 saturated heterocycles. The van der Waals surface area contributed by atoms with Crippen LogP contribution in [-0.4, -0.2) is 11.3 Å². The Morgan fingerprint density at radius 2 is 2.00 bits per heavy atom. The molecule has 4 nitrogen and oxygen atoms in total.